The number of anilines is 1. The Balaban J connectivity index is 1.51. The number of hydrogen-bond donors (Lipinski definition) is 2. The largest absolute Gasteiger partial charge is 0.388 e. The molecule has 0 radical (unpaired) electrons. The van der Waals surface area contributed by atoms with E-state index < -0.39 is 0 Å². The third-order valence-electron chi connectivity index (χ3n) is 5.00. The van der Waals surface area contributed by atoms with Crippen molar-refractivity contribution in [2.75, 3.05) is 18.0 Å². The second-order valence-corrected chi connectivity index (χ2v) is 7.43. The predicted molar refractivity (Wildman–Crippen MR) is 81.5 cm³/mol. The molecule has 2 saturated heterocycles. The van der Waals surface area contributed by atoms with Crippen molar-refractivity contribution in [3.8, 4) is 0 Å². The van der Waals surface area contributed by atoms with Gasteiger partial charge in [-0.15, -0.1) is 0 Å². The lowest BCUT2D eigenvalue weighted by atomic mass is 9.85. The van der Waals surface area contributed by atoms with Crippen molar-refractivity contribution in [2.45, 2.75) is 50.7 Å². The molecule has 3 aliphatic rings. The molecule has 3 unspecified atom stereocenters. The highest BCUT2D eigenvalue weighted by Crippen LogP contribution is 2.39. The van der Waals surface area contributed by atoms with E-state index in [1.54, 1.807) is 11.3 Å². The van der Waals surface area contributed by atoms with E-state index in [1.165, 1.54) is 0 Å². The minimum Gasteiger partial charge on any atom is -0.388 e. The first-order valence-corrected chi connectivity index (χ1v) is 8.74. The van der Waals surface area contributed by atoms with E-state index in [0.717, 1.165) is 60.9 Å². The molecule has 1 aromatic rings. The number of carbonyl (C=O) groups excluding carboxylic acids is 1. The van der Waals surface area contributed by atoms with E-state index in [4.69, 9.17) is 4.98 Å². The van der Waals surface area contributed by atoms with E-state index in [9.17, 15) is 9.90 Å². The van der Waals surface area contributed by atoms with Crippen molar-refractivity contribution >= 4 is 22.4 Å². The van der Waals surface area contributed by atoms with Crippen molar-refractivity contribution in [2.24, 2.45) is 5.92 Å². The lowest BCUT2D eigenvalue weighted by molar-refractivity contribution is -0.124. The summed E-state index contributed by atoms with van der Waals surface area (Å²) >= 11 is 1.67. The minimum absolute atomic E-state index is 0.206. The topological polar surface area (TPSA) is 65.5 Å². The lowest BCUT2D eigenvalue weighted by Crippen LogP contribution is -2.54. The van der Waals surface area contributed by atoms with Gasteiger partial charge in [-0.3, -0.25) is 4.79 Å². The average Bonchev–Trinajstić information content (AvgIpc) is 2.92. The van der Waals surface area contributed by atoms with Crippen LogP contribution in [0.3, 0.4) is 0 Å². The number of thiazole rings is 1. The molecule has 21 heavy (non-hydrogen) atoms. The molecule has 114 valence electrons. The molecule has 0 bridgehead atoms. The van der Waals surface area contributed by atoms with Crippen LogP contribution in [-0.4, -0.2) is 35.1 Å². The van der Waals surface area contributed by atoms with Crippen LogP contribution >= 0.6 is 11.3 Å². The number of piperidine rings is 2. The smallest absolute Gasteiger partial charge is 0.220 e. The van der Waals surface area contributed by atoms with Gasteiger partial charge in [0, 0.05) is 25.6 Å². The number of carbonyl (C=O) groups is 1. The zero-order valence-electron chi connectivity index (χ0n) is 12.0. The number of aromatic nitrogens is 1. The number of amides is 1. The molecule has 1 aromatic heterocycles. The third-order valence-corrected chi connectivity index (χ3v) is 6.26. The van der Waals surface area contributed by atoms with Crippen LogP contribution in [0.5, 0.6) is 0 Å². The highest BCUT2D eigenvalue weighted by Gasteiger charge is 2.35. The second kappa shape index (κ2) is 5.25. The lowest BCUT2D eigenvalue weighted by Gasteiger charge is -2.41. The van der Waals surface area contributed by atoms with Crippen LogP contribution in [0.2, 0.25) is 0 Å². The van der Waals surface area contributed by atoms with Gasteiger partial charge < -0.3 is 15.3 Å². The zero-order chi connectivity index (χ0) is 14.4. The van der Waals surface area contributed by atoms with Crippen LogP contribution in [0.15, 0.2) is 0 Å². The molecule has 3 heterocycles. The average molecular weight is 307 g/mol. The summed E-state index contributed by atoms with van der Waals surface area (Å²) in [6.07, 6.45) is 5.23. The maximum atomic E-state index is 11.5. The quantitative estimate of drug-likeness (QED) is 0.827. The highest BCUT2D eigenvalue weighted by atomic mass is 32.1. The number of rotatable bonds is 1. The van der Waals surface area contributed by atoms with E-state index in [0.29, 0.717) is 18.4 Å². The summed E-state index contributed by atoms with van der Waals surface area (Å²) in [5.41, 5.74) is 1.10. The van der Waals surface area contributed by atoms with Gasteiger partial charge in [-0.1, -0.05) is 11.3 Å². The van der Waals surface area contributed by atoms with Gasteiger partial charge in [-0.25, -0.2) is 4.98 Å². The monoisotopic (exact) mass is 307 g/mol. The number of hydrogen-bond acceptors (Lipinski definition) is 5. The number of nitrogens with one attached hydrogen (secondary N) is 1. The summed E-state index contributed by atoms with van der Waals surface area (Å²) in [4.78, 5) is 19.7. The number of aliphatic hydroxyl groups is 1. The van der Waals surface area contributed by atoms with E-state index in [1.807, 2.05) is 0 Å². The number of nitrogens with zero attached hydrogens (tertiary/aromatic N) is 2. The molecule has 0 spiro atoms. The Morgan fingerprint density at radius 3 is 3.05 bits per heavy atom. The molecular weight excluding hydrogens is 286 g/mol. The van der Waals surface area contributed by atoms with Gasteiger partial charge in [0.25, 0.3) is 0 Å². The van der Waals surface area contributed by atoms with Gasteiger partial charge in [-0.2, -0.15) is 0 Å². The number of fused-ring (bicyclic) bond motifs is 2. The summed E-state index contributed by atoms with van der Waals surface area (Å²) in [6.45, 7) is 1.93. The summed E-state index contributed by atoms with van der Waals surface area (Å²) in [6, 6.07) is 0.350. The number of aryl methyl sites for hydroxylation is 1. The van der Waals surface area contributed by atoms with Crippen LogP contribution in [0.4, 0.5) is 5.13 Å². The maximum Gasteiger partial charge on any atom is 0.220 e. The van der Waals surface area contributed by atoms with Crippen LogP contribution in [0, 0.1) is 5.92 Å². The van der Waals surface area contributed by atoms with Gasteiger partial charge in [0.1, 0.15) is 0 Å². The molecule has 6 heteroatoms. The molecular formula is C15H21N3O2S. The highest BCUT2D eigenvalue weighted by molar-refractivity contribution is 7.15. The van der Waals surface area contributed by atoms with Crippen LogP contribution < -0.4 is 10.2 Å². The predicted octanol–water partition coefficient (Wildman–Crippen LogP) is 1.62. The Bertz CT molecular complexity index is 559. The Hall–Kier alpha value is -1.14. The first-order chi connectivity index (χ1) is 10.2. The molecule has 1 amide bonds. The van der Waals surface area contributed by atoms with Crippen LogP contribution in [0.25, 0.3) is 0 Å². The van der Waals surface area contributed by atoms with Crippen molar-refractivity contribution in [1.82, 2.24) is 10.3 Å². The van der Waals surface area contributed by atoms with E-state index >= 15 is 0 Å². The van der Waals surface area contributed by atoms with Gasteiger partial charge in [0.15, 0.2) is 5.13 Å². The minimum atomic E-state index is -0.313. The number of aliphatic hydroxyl groups excluding tert-OH is 1. The maximum absolute atomic E-state index is 11.5. The second-order valence-electron chi connectivity index (χ2n) is 6.42. The third kappa shape index (κ3) is 2.44. The molecule has 5 nitrogen and oxygen atoms in total. The Morgan fingerprint density at radius 2 is 2.19 bits per heavy atom. The Kier molecular flexibility index (Phi) is 3.38. The van der Waals surface area contributed by atoms with E-state index in [-0.39, 0.29) is 12.0 Å². The first-order valence-electron chi connectivity index (χ1n) is 7.92. The van der Waals surface area contributed by atoms with Gasteiger partial charge in [-0.05, 0) is 38.0 Å². The molecule has 4 rings (SSSR count). The summed E-state index contributed by atoms with van der Waals surface area (Å²) in [5, 5.41) is 14.3. The normalized spacial score (nSPS) is 32.3. The van der Waals surface area contributed by atoms with Gasteiger partial charge >= 0.3 is 0 Å². The van der Waals surface area contributed by atoms with E-state index in [2.05, 4.69) is 10.2 Å². The fourth-order valence-electron chi connectivity index (χ4n) is 3.80. The van der Waals surface area contributed by atoms with Crippen LogP contribution in [-0.2, 0) is 11.2 Å². The molecule has 2 N–H and O–H groups in total. The molecule has 3 atom stereocenters. The van der Waals surface area contributed by atoms with Gasteiger partial charge in [0.05, 0.1) is 16.7 Å². The molecule has 0 saturated carbocycles. The molecule has 0 aromatic carbocycles. The SMILES string of the molecule is O=C1CCC2CN(c3nc4c(s3)C(O)CCC4)CCC2N1. The van der Waals surface area contributed by atoms with Gasteiger partial charge in [0.2, 0.25) is 5.91 Å². The summed E-state index contributed by atoms with van der Waals surface area (Å²) in [7, 11) is 0. The molecule has 2 aliphatic heterocycles. The van der Waals surface area contributed by atoms with Crippen molar-refractivity contribution < 1.29 is 9.90 Å². The molecule has 1 aliphatic carbocycles. The van der Waals surface area contributed by atoms with Crippen molar-refractivity contribution in [3.63, 3.8) is 0 Å². The Morgan fingerprint density at radius 1 is 1.29 bits per heavy atom. The first kappa shape index (κ1) is 13.5. The summed E-state index contributed by atoms with van der Waals surface area (Å²) in [5.74, 6) is 0.750. The summed E-state index contributed by atoms with van der Waals surface area (Å²) < 4.78 is 0. The zero-order valence-corrected chi connectivity index (χ0v) is 12.9. The molecule has 2 fully saturated rings. The van der Waals surface area contributed by atoms with Crippen molar-refractivity contribution in [3.05, 3.63) is 10.6 Å². The fourth-order valence-corrected chi connectivity index (χ4v) is 4.97. The van der Waals surface area contributed by atoms with Crippen LogP contribution in [0.1, 0.15) is 48.8 Å². The Labute approximate surface area is 128 Å². The fraction of sp³-hybridized carbons (Fsp3) is 0.733. The standard InChI is InChI=1S/C15H21N3O2S/c19-12-3-1-2-11-14(12)21-15(17-11)18-7-6-10-9(8-18)4-5-13(20)16-10/h9-10,12,19H,1-8H2,(H,16,20). The van der Waals surface area contributed by atoms with Crippen molar-refractivity contribution in [1.29, 1.82) is 0 Å².